The normalized spacial score (nSPS) is 11.2. The molecule has 1 aromatic rings. The molecule has 1 rings (SSSR count). The van der Waals surface area contributed by atoms with Gasteiger partial charge >= 0.3 is 0 Å². The number of anilines is 1. The van der Waals surface area contributed by atoms with Crippen LogP contribution in [0.4, 0.5) is 5.69 Å². The fourth-order valence-electron chi connectivity index (χ4n) is 1.03. The van der Waals surface area contributed by atoms with E-state index in [4.69, 9.17) is 16.3 Å². The first kappa shape index (κ1) is 13.0. The molecule has 1 aromatic carbocycles. The smallest absolute Gasteiger partial charge is 0.250 e. The second-order valence-electron chi connectivity index (χ2n) is 4.43. The number of carbonyl (C=O) groups excluding carboxylic acids is 1. The first-order chi connectivity index (χ1) is 7.38. The van der Waals surface area contributed by atoms with Gasteiger partial charge in [0.15, 0.2) is 0 Å². The predicted molar refractivity (Wildman–Crippen MR) is 65.8 cm³/mol. The number of ether oxygens (including phenoxy) is 1. The number of benzene rings is 1. The highest BCUT2D eigenvalue weighted by Gasteiger charge is 2.13. The highest BCUT2D eigenvalue weighted by Crippen LogP contribution is 2.20. The Morgan fingerprint density at radius 1 is 1.38 bits per heavy atom. The van der Waals surface area contributed by atoms with E-state index in [9.17, 15) is 4.79 Å². The summed E-state index contributed by atoms with van der Waals surface area (Å²) in [5, 5.41) is 3.21. The summed E-state index contributed by atoms with van der Waals surface area (Å²) in [4.78, 5) is 11.5. The predicted octanol–water partition coefficient (Wildman–Crippen LogP) is 3.09. The first-order valence-corrected chi connectivity index (χ1v) is 5.44. The van der Waals surface area contributed by atoms with Crippen molar-refractivity contribution in [2.75, 3.05) is 11.9 Å². The molecule has 1 amide bonds. The summed E-state index contributed by atoms with van der Waals surface area (Å²) in [5.74, 6) is -0.206. The molecule has 0 spiro atoms. The number of nitrogens with one attached hydrogen (secondary N) is 1. The van der Waals surface area contributed by atoms with E-state index in [2.05, 4.69) is 5.32 Å². The molecule has 1 N–H and O–H groups in total. The quantitative estimate of drug-likeness (QED) is 0.883. The van der Waals surface area contributed by atoms with Gasteiger partial charge in [0.25, 0.3) is 0 Å². The van der Waals surface area contributed by atoms with E-state index in [1.165, 1.54) is 0 Å². The Kier molecular flexibility index (Phi) is 4.33. The minimum absolute atomic E-state index is 0.0225. The molecular formula is C12H16ClNO2. The van der Waals surface area contributed by atoms with Crippen molar-refractivity contribution in [1.29, 1.82) is 0 Å². The largest absolute Gasteiger partial charge is 0.366 e. The average molecular weight is 242 g/mol. The maximum atomic E-state index is 11.5. The fourth-order valence-corrected chi connectivity index (χ4v) is 1.21. The van der Waals surface area contributed by atoms with Crippen LogP contribution in [0.1, 0.15) is 20.8 Å². The van der Waals surface area contributed by atoms with Crippen molar-refractivity contribution in [2.24, 2.45) is 0 Å². The first-order valence-electron chi connectivity index (χ1n) is 5.07. The Hall–Kier alpha value is -1.06. The Morgan fingerprint density at radius 2 is 2.00 bits per heavy atom. The molecule has 3 nitrogen and oxygen atoms in total. The van der Waals surface area contributed by atoms with Crippen LogP contribution in [0.25, 0.3) is 0 Å². The molecule has 4 heteroatoms. The third-order valence-corrected chi connectivity index (χ3v) is 2.11. The Balaban J connectivity index is 2.50. The Labute approximate surface area is 101 Å². The van der Waals surface area contributed by atoms with Crippen LogP contribution in [0.3, 0.4) is 0 Å². The van der Waals surface area contributed by atoms with Crippen LogP contribution in [0, 0.1) is 0 Å². The molecule has 0 aliphatic carbocycles. The summed E-state index contributed by atoms with van der Waals surface area (Å²) < 4.78 is 5.35. The van der Waals surface area contributed by atoms with Gasteiger partial charge < -0.3 is 10.1 Å². The second-order valence-corrected chi connectivity index (χ2v) is 4.84. The molecule has 0 aliphatic heterocycles. The topological polar surface area (TPSA) is 38.3 Å². The van der Waals surface area contributed by atoms with Gasteiger partial charge in [0, 0.05) is 0 Å². The van der Waals surface area contributed by atoms with Crippen molar-refractivity contribution in [2.45, 2.75) is 26.4 Å². The Bertz CT molecular complexity index is 372. The third-order valence-electron chi connectivity index (χ3n) is 1.78. The van der Waals surface area contributed by atoms with E-state index in [0.717, 1.165) is 0 Å². The maximum absolute atomic E-state index is 11.5. The van der Waals surface area contributed by atoms with Gasteiger partial charge in [-0.1, -0.05) is 23.7 Å². The molecule has 0 fully saturated rings. The van der Waals surface area contributed by atoms with Crippen molar-refractivity contribution in [1.82, 2.24) is 0 Å². The number of para-hydroxylation sites is 1. The molecule has 0 radical (unpaired) electrons. The number of rotatable bonds is 3. The van der Waals surface area contributed by atoms with Gasteiger partial charge in [-0.25, -0.2) is 0 Å². The molecule has 0 saturated carbocycles. The highest BCUT2D eigenvalue weighted by molar-refractivity contribution is 6.33. The van der Waals surface area contributed by atoms with Gasteiger partial charge in [0.1, 0.15) is 6.61 Å². The monoisotopic (exact) mass is 241 g/mol. The minimum atomic E-state index is -0.322. The van der Waals surface area contributed by atoms with Crippen LogP contribution in [-0.4, -0.2) is 18.1 Å². The number of carbonyl (C=O) groups is 1. The lowest BCUT2D eigenvalue weighted by atomic mass is 10.2. The second kappa shape index (κ2) is 5.32. The molecule has 0 atom stereocenters. The fraction of sp³-hybridized carbons (Fsp3) is 0.417. The number of hydrogen-bond donors (Lipinski definition) is 1. The van der Waals surface area contributed by atoms with E-state index in [0.29, 0.717) is 10.7 Å². The summed E-state index contributed by atoms with van der Waals surface area (Å²) in [6, 6.07) is 7.09. The lowest BCUT2D eigenvalue weighted by molar-refractivity contribution is -0.125. The van der Waals surface area contributed by atoms with Crippen LogP contribution < -0.4 is 5.32 Å². The SMILES string of the molecule is CC(C)(C)OCC(=O)Nc1ccccc1Cl. The van der Waals surface area contributed by atoms with E-state index in [1.807, 2.05) is 32.9 Å². The van der Waals surface area contributed by atoms with Gasteiger partial charge in [-0.05, 0) is 32.9 Å². The van der Waals surface area contributed by atoms with Crippen LogP contribution in [-0.2, 0) is 9.53 Å². The van der Waals surface area contributed by atoms with Crippen molar-refractivity contribution in [3.63, 3.8) is 0 Å². The van der Waals surface area contributed by atoms with Crippen molar-refractivity contribution in [3.05, 3.63) is 29.3 Å². The molecule has 0 unspecified atom stereocenters. The van der Waals surface area contributed by atoms with Crippen LogP contribution in [0.2, 0.25) is 5.02 Å². The number of hydrogen-bond acceptors (Lipinski definition) is 2. The molecule has 16 heavy (non-hydrogen) atoms. The summed E-state index contributed by atoms with van der Waals surface area (Å²) in [6.07, 6.45) is 0. The zero-order valence-corrected chi connectivity index (χ0v) is 10.5. The van der Waals surface area contributed by atoms with Gasteiger partial charge in [-0.3, -0.25) is 4.79 Å². The van der Waals surface area contributed by atoms with E-state index >= 15 is 0 Å². The van der Waals surface area contributed by atoms with Crippen LogP contribution in [0.15, 0.2) is 24.3 Å². The summed E-state index contributed by atoms with van der Waals surface area (Å²) in [5.41, 5.74) is 0.282. The molecule has 88 valence electrons. The zero-order chi connectivity index (χ0) is 12.2. The molecule has 0 aromatic heterocycles. The summed E-state index contributed by atoms with van der Waals surface area (Å²) in [6.45, 7) is 5.72. The van der Waals surface area contributed by atoms with Gasteiger partial charge in [0.2, 0.25) is 5.91 Å². The molecule has 0 saturated heterocycles. The minimum Gasteiger partial charge on any atom is -0.366 e. The third kappa shape index (κ3) is 4.64. The molecule has 0 heterocycles. The highest BCUT2D eigenvalue weighted by atomic mass is 35.5. The zero-order valence-electron chi connectivity index (χ0n) is 9.71. The van der Waals surface area contributed by atoms with E-state index in [-0.39, 0.29) is 18.1 Å². The Morgan fingerprint density at radius 3 is 2.56 bits per heavy atom. The van der Waals surface area contributed by atoms with Crippen molar-refractivity contribution < 1.29 is 9.53 Å². The van der Waals surface area contributed by atoms with Gasteiger partial charge in [0.05, 0.1) is 16.3 Å². The average Bonchev–Trinajstić information content (AvgIpc) is 2.18. The maximum Gasteiger partial charge on any atom is 0.250 e. The summed E-state index contributed by atoms with van der Waals surface area (Å²) >= 11 is 5.90. The van der Waals surface area contributed by atoms with Crippen molar-refractivity contribution in [3.8, 4) is 0 Å². The number of halogens is 1. The molecule has 0 aliphatic rings. The summed E-state index contributed by atoms with van der Waals surface area (Å²) in [7, 11) is 0. The van der Waals surface area contributed by atoms with Gasteiger partial charge in [-0.2, -0.15) is 0 Å². The number of amides is 1. The molecular weight excluding hydrogens is 226 g/mol. The van der Waals surface area contributed by atoms with Gasteiger partial charge in [-0.15, -0.1) is 0 Å². The standard InChI is InChI=1S/C12H16ClNO2/c1-12(2,3)16-8-11(15)14-10-7-5-4-6-9(10)13/h4-7H,8H2,1-3H3,(H,14,15). The van der Waals surface area contributed by atoms with Crippen LogP contribution >= 0.6 is 11.6 Å². The lowest BCUT2D eigenvalue weighted by Gasteiger charge is -2.19. The molecule has 0 bridgehead atoms. The van der Waals surface area contributed by atoms with Crippen molar-refractivity contribution >= 4 is 23.2 Å². The lowest BCUT2D eigenvalue weighted by Crippen LogP contribution is -2.27. The van der Waals surface area contributed by atoms with E-state index < -0.39 is 0 Å². The van der Waals surface area contributed by atoms with Crippen LogP contribution in [0.5, 0.6) is 0 Å². The van der Waals surface area contributed by atoms with E-state index in [1.54, 1.807) is 12.1 Å².